The second kappa shape index (κ2) is 8.17. The molecule has 0 bridgehead atoms. The number of anilines is 1. The zero-order valence-corrected chi connectivity index (χ0v) is 15.8. The number of hydrogen-bond donors (Lipinski definition) is 2. The summed E-state index contributed by atoms with van der Waals surface area (Å²) < 4.78 is 0. The van der Waals surface area contributed by atoms with Gasteiger partial charge in [0.15, 0.2) is 5.16 Å². The smallest absolute Gasteiger partial charge is 0.231 e. The van der Waals surface area contributed by atoms with Gasteiger partial charge in [-0.1, -0.05) is 37.7 Å². The normalized spacial score (nSPS) is 13.3. The standard InChI is InChI=1S/C18H23N5OS/c1-5-20-16-13-8-6-7-9-14(13)21-17(22-16)25-10-15(24)23-18(4,11-19)12(2)3/h6-9,12H,5,10H2,1-4H3,(H,23,24)(H,20,21,22)/t18-/m1/s1. The molecule has 0 unspecified atom stereocenters. The van der Waals surface area contributed by atoms with E-state index in [1.807, 2.05) is 45.0 Å². The highest BCUT2D eigenvalue weighted by atomic mass is 32.2. The number of hydrogen-bond acceptors (Lipinski definition) is 6. The number of benzene rings is 1. The molecule has 0 saturated heterocycles. The molecule has 2 rings (SSSR count). The van der Waals surface area contributed by atoms with Crippen molar-refractivity contribution in [2.24, 2.45) is 5.92 Å². The molecule has 2 N–H and O–H groups in total. The lowest BCUT2D eigenvalue weighted by Crippen LogP contribution is -2.49. The highest BCUT2D eigenvalue weighted by Gasteiger charge is 2.29. The molecular weight excluding hydrogens is 334 g/mol. The highest BCUT2D eigenvalue weighted by Crippen LogP contribution is 2.24. The van der Waals surface area contributed by atoms with Crippen molar-refractivity contribution in [2.75, 3.05) is 17.6 Å². The number of fused-ring (bicyclic) bond motifs is 1. The Balaban J connectivity index is 2.13. The molecule has 0 saturated carbocycles. The molecule has 25 heavy (non-hydrogen) atoms. The highest BCUT2D eigenvalue weighted by molar-refractivity contribution is 7.99. The first-order valence-corrected chi connectivity index (χ1v) is 9.24. The van der Waals surface area contributed by atoms with Gasteiger partial charge in [0.05, 0.1) is 17.3 Å². The minimum absolute atomic E-state index is 0.0173. The summed E-state index contributed by atoms with van der Waals surface area (Å²) in [5.74, 6) is 0.738. The fourth-order valence-electron chi connectivity index (χ4n) is 2.18. The second-order valence-corrected chi connectivity index (χ2v) is 7.15. The van der Waals surface area contributed by atoms with Crippen molar-refractivity contribution >= 4 is 34.4 Å². The van der Waals surface area contributed by atoms with Crippen LogP contribution >= 0.6 is 11.8 Å². The summed E-state index contributed by atoms with van der Waals surface area (Å²) in [5.41, 5.74) is -0.0445. The molecular formula is C18H23N5OS. The number of aromatic nitrogens is 2. The van der Waals surface area contributed by atoms with Crippen LogP contribution in [0.1, 0.15) is 27.7 Å². The molecule has 0 spiro atoms. The van der Waals surface area contributed by atoms with Crippen LogP contribution in [0.4, 0.5) is 5.82 Å². The Morgan fingerprint density at radius 1 is 1.36 bits per heavy atom. The summed E-state index contributed by atoms with van der Waals surface area (Å²) in [7, 11) is 0. The monoisotopic (exact) mass is 357 g/mol. The van der Waals surface area contributed by atoms with Crippen LogP contribution < -0.4 is 10.6 Å². The third-order valence-electron chi connectivity index (χ3n) is 4.05. The Labute approximate surface area is 152 Å². The van der Waals surface area contributed by atoms with Gasteiger partial charge in [-0.15, -0.1) is 0 Å². The fourth-order valence-corrected chi connectivity index (χ4v) is 2.83. The summed E-state index contributed by atoms with van der Waals surface area (Å²) in [6.45, 7) is 8.31. The van der Waals surface area contributed by atoms with E-state index in [0.29, 0.717) is 5.16 Å². The van der Waals surface area contributed by atoms with E-state index in [-0.39, 0.29) is 17.6 Å². The third-order valence-corrected chi connectivity index (χ3v) is 4.89. The van der Waals surface area contributed by atoms with E-state index >= 15 is 0 Å². The van der Waals surface area contributed by atoms with Gasteiger partial charge in [0.1, 0.15) is 11.4 Å². The Kier molecular flexibility index (Phi) is 6.21. The first-order chi connectivity index (χ1) is 11.9. The van der Waals surface area contributed by atoms with Gasteiger partial charge in [-0.2, -0.15) is 5.26 Å². The van der Waals surface area contributed by atoms with Crippen LogP contribution in [0.3, 0.4) is 0 Å². The molecule has 1 aromatic carbocycles. The predicted molar refractivity (Wildman–Crippen MR) is 101 cm³/mol. The SMILES string of the molecule is CCNc1nc(SCC(=O)N[C@](C)(C#N)C(C)C)nc2ccccc12. The van der Waals surface area contributed by atoms with Gasteiger partial charge < -0.3 is 10.6 Å². The lowest BCUT2D eigenvalue weighted by molar-refractivity contribution is -0.120. The lowest BCUT2D eigenvalue weighted by Gasteiger charge is -2.27. The van der Waals surface area contributed by atoms with Crippen molar-refractivity contribution in [2.45, 2.75) is 38.4 Å². The quantitative estimate of drug-likeness (QED) is 0.584. The van der Waals surface area contributed by atoms with E-state index in [1.165, 1.54) is 11.8 Å². The van der Waals surface area contributed by atoms with E-state index in [9.17, 15) is 10.1 Å². The van der Waals surface area contributed by atoms with Crippen molar-refractivity contribution in [3.8, 4) is 6.07 Å². The molecule has 7 heteroatoms. The summed E-state index contributed by atoms with van der Waals surface area (Å²) in [5, 5.41) is 16.8. The summed E-state index contributed by atoms with van der Waals surface area (Å²) >= 11 is 1.26. The Bertz CT molecular complexity index is 802. The number of para-hydroxylation sites is 1. The van der Waals surface area contributed by atoms with E-state index in [0.717, 1.165) is 23.3 Å². The van der Waals surface area contributed by atoms with E-state index in [1.54, 1.807) is 6.92 Å². The number of amides is 1. The van der Waals surface area contributed by atoms with E-state index < -0.39 is 5.54 Å². The van der Waals surface area contributed by atoms with Crippen LogP contribution in [-0.2, 0) is 4.79 Å². The molecule has 6 nitrogen and oxygen atoms in total. The van der Waals surface area contributed by atoms with Crippen LogP contribution in [0, 0.1) is 17.2 Å². The van der Waals surface area contributed by atoms with Gasteiger partial charge in [0.25, 0.3) is 0 Å². The van der Waals surface area contributed by atoms with Gasteiger partial charge in [-0.25, -0.2) is 9.97 Å². The largest absolute Gasteiger partial charge is 0.370 e. The van der Waals surface area contributed by atoms with Crippen molar-refractivity contribution in [1.29, 1.82) is 5.26 Å². The maximum atomic E-state index is 12.2. The molecule has 1 heterocycles. The molecule has 1 aromatic heterocycles. The third kappa shape index (κ3) is 4.60. The molecule has 132 valence electrons. The number of thioether (sulfide) groups is 1. The molecule has 0 aliphatic heterocycles. The van der Waals surface area contributed by atoms with Gasteiger partial charge in [0.2, 0.25) is 5.91 Å². The minimum atomic E-state index is -0.878. The van der Waals surface area contributed by atoms with E-state index in [4.69, 9.17) is 0 Å². The summed E-state index contributed by atoms with van der Waals surface area (Å²) in [6, 6.07) is 9.94. The molecule has 2 aromatic rings. The number of carbonyl (C=O) groups excluding carboxylic acids is 1. The molecule has 0 aliphatic carbocycles. The van der Waals surface area contributed by atoms with Crippen LogP contribution in [0.5, 0.6) is 0 Å². The van der Waals surface area contributed by atoms with E-state index in [2.05, 4.69) is 26.7 Å². The van der Waals surface area contributed by atoms with Crippen molar-refractivity contribution in [3.63, 3.8) is 0 Å². The van der Waals surface area contributed by atoms with Gasteiger partial charge in [-0.05, 0) is 31.9 Å². The van der Waals surface area contributed by atoms with Crippen molar-refractivity contribution in [3.05, 3.63) is 24.3 Å². The Hall–Kier alpha value is -2.33. The number of nitriles is 1. The Morgan fingerprint density at radius 2 is 2.08 bits per heavy atom. The lowest BCUT2D eigenvalue weighted by atomic mass is 9.90. The van der Waals surface area contributed by atoms with Crippen LogP contribution in [0.25, 0.3) is 10.9 Å². The number of nitrogens with one attached hydrogen (secondary N) is 2. The molecule has 0 radical (unpaired) electrons. The molecule has 1 atom stereocenters. The average Bonchev–Trinajstić information content (AvgIpc) is 2.60. The summed E-state index contributed by atoms with van der Waals surface area (Å²) in [4.78, 5) is 21.2. The zero-order valence-electron chi connectivity index (χ0n) is 15.0. The first kappa shape index (κ1) is 19.0. The molecule has 0 fully saturated rings. The number of carbonyl (C=O) groups is 1. The zero-order chi connectivity index (χ0) is 18.4. The van der Waals surface area contributed by atoms with Crippen LogP contribution in [0.2, 0.25) is 0 Å². The Morgan fingerprint density at radius 3 is 2.72 bits per heavy atom. The second-order valence-electron chi connectivity index (χ2n) is 6.21. The number of rotatable bonds is 7. The average molecular weight is 357 g/mol. The minimum Gasteiger partial charge on any atom is -0.370 e. The summed E-state index contributed by atoms with van der Waals surface area (Å²) in [6.07, 6.45) is 0. The maximum Gasteiger partial charge on any atom is 0.231 e. The van der Waals surface area contributed by atoms with Crippen LogP contribution in [0.15, 0.2) is 29.4 Å². The maximum absolute atomic E-state index is 12.2. The molecule has 1 amide bonds. The van der Waals surface area contributed by atoms with Gasteiger partial charge in [0, 0.05) is 11.9 Å². The predicted octanol–water partition coefficient (Wildman–Crippen LogP) is 3.21. The van der Waals surface area contributed by atoms with Crippen LogP contribution in [-0.4, -0.2) is 33.7 Å². The molecule has 0 aliphatic rings. The van der Waals surface area contributed by atoms with Gasteiger partial charge in [-0.3, -0.25) is 4.79 Å². The van der Waals surface area contributed by atoms with Gasteiger partial charge >= 0.3 is 0 Å². The van der Waals surface area contributed by atoms with Crippen molar-refractivity contribution in [1.82, 2.24) is 15.3 Å². The number of nitrogens with zero attached hydrogens (tertiary/aromatic N) is 3. The fraction of sp³-hybridized carbons (Fsp3) is 0.444. The first-order valence-electron chi connectivity index (χ1n) is 8.25. The topological polar surface area (TPSA) is 90.7 Å². The van der Waals surface area contributed by atoms with Crippen molar-refractivity contribution < 1.29 is 4.79 Å².